The fraction of sp³-hybridized carbons (Fsp3) is 0.300. The van der Waals surface area contributed by atoms with Gasteiger partial charge >= 0.3 is 6.18 Å². The van der Waals surface area contributed by atoms with Crippen molar-refractivity contribution < 1.29 is 17.6 Å². The standard InChI is InChI=1S/C20H21F4N5S/c21-17-4-2-1-3-15(17)13-28-7-9-29(10-8-28)18-6-5-14(12-26-27-19(25)30)11-16(18)20(22,23)24/h1-6,11-12H,7-10,13H2,(H3,25,27,30). The van der Waals surface area contributed by atoms with E-state index in [1.165, 1.54) is 18.3 Å². The van der Waals surface area contributed by atoms with E-state index in [-0.39, 0.29) is 22.2 Å². The van der Waals surface area contributed by atoms with Crippen LogP contribution < -0.4 is 16.1 Å². The van der Waals surface area contributed by atoms with Gasteiger partial charge in [0.2, 0.25) is 0 Å². The smallest absolute Gasteiger partial charge is 0.375 e. The lowest BCUT2D eigenvalue weighted by molar-refractivity contribution is -0.137. The molecule has 0 aliphatic carbocycles. The fourth-order valence-corrected chi connectivity index (χ4v) is 3.37. The van der Waals surface area contributed by atoms with E-state index in [9.17, 15) is 17.6 Å². The van der Waals surface area contributed by atoms with Gasteiger partial charge in [0.1, 0.15) is 5.82 Å². The number of halogens is 4. The molecule has 30 heavy (non-hydrogen) atoms. The number of nitrogens with one attached hydrogen (secondary N) is 1. The van der Waals surface area contributed by atoms with Crippen LogP contribution in [-0.4, -0.2) is 42.4 Å². The first kappa shape index (κ1) is 22.0. The molecule has 2 aromatic carbocycles. The molecule has 3 rings (SSSR count). The quantitative estimate of drug-likeness (QED) is 0.324. The summed E-state index contributed by atoms with van der Waals surface area (Å²) in [5, 5.41) is 3.63. The highest BCUT2D eigenvalue weighted by Crippen LogP contribution is 2.37. The van der Waals surface area contributed by atoms with Crippen LogP contribution in [0.3, 0.4) is 0 Å². The molecule has 0 saturated carbocycles. The maximum absolute atomic E-state index is 13.8. The first-order chi connectivity index (χ1) is 14.2. The molecule has 1 fully saturated rings. The second-order valence-corrected chi connectivity index (χ2v) is 7.30. The van der Waals surface area contributed by atoms with Crippen LogP contribution in [-0.2, 0) is 12.7 Å². The maximum Gasteiger partial charge on any atom is 0.418 e. The van der Waals surface area contributed by atoms with E-state index in [1.54, 1.807) is 29.2 Å². The number of thiocarbonyl (C=S) groups is 1. The average Bonchev–Trinajstić information content (AvgIpc) is 2.69. The normalized spacial score (nSPS) is 15.5. The minimum Gasteiger partial charge on any atom is -0.375 e. The third-order valence-corrected chi connectivity index (χ3v) is 4.87. The molecule has 1 saturated heterocycles. The van der Waals surface area contributed by atoms with Crippen LogP contribution >= 0.6 is 12.2 Å². The van der Waals surface area contributed by atoms with Gasteiger partial charge < -0.3 is 10.6 Å². The molecule has 0 bridgehead atoms. The number of nitrogens with two attached hydrogens (primary N) is 1. The Morgan fingerprint density at radius 3 is 2.47 bits per heavy atom. The second-order valence-electron chi connectivity index (χ2n) is 6.86. The lowest BCUT2D eigenvalue weighted by Crippen LogP contribution is -2.46. The molecule has 0 atom stereocenters. The number of rotatable bonds is 5. The second kappa shape index (κ2) is 9.40. The predicted octanol–water partition coefficient (Wildman–Crippen LogP) is 3.33. The molecule has 2 aromatic rings. The van der Waals surface area contributed by atoms with Gasteiger partial charge in [-0.1, -0.05) is 24.3 Å². The summed E-state index contributed by atoms with van der Waals surface area (Å²) in [4.78, 5) is 3.74. The van der Waals surface area contributed by atoms with Crippen molar-refractivity contribution in [3.8, 4) is 0 Å². The summed E-state index contributed by atoms with van der Waals surface area (Å²) in [6.07, 6.45) is -3.29. The molecular weight excluding hydrogens is 418 g/mol. The van der Waals surface area contributed by atoms with E-state index in [4.69, 9.17) is 5.73 Å². The van der Waals surface area contributed by atoms with Crippen molar-refractivity contribution in [3.05, 3.63) is 65.0 Å². The number of nitrogens with zero attached hydrogens (tertiary/aromatic N) is 3. The summed E-state index contributed by atoms with van der Waals surface area (Å²) >= 11 is 4.60. The maximum atomic E-state index is 13.8. The Labute approximate surface area is 177 Å². The van der Waals surface area contributed by atoms with E-state index in [1.807, 2.05) is 4.90 Å². The summed E-state index contributed by atoms with van der Waals surface area (Å²) < 4.78 is 54.8. The molecule has 1 aliphatic heterocycles. The lowest BCUT2D eigenvalue weighted by atomic mass is 10.1. The SMILES string of the molecule is NC(=S)NN=Cc1ccc(N2CCN(Cc3ccccc3F)CC2)c(C(F)(F)F)c1. The fourth-order valence-electron chi connectivity index (χ4n) is 3.32. The van der Waals surface area contributed by atoms with Gasteiger partial charge in [-0.05, 0) is 36.0 Å². The summed E-state index contributed by atoms with van der Waals surface area (Å²) in [5.74, 6) is -0.276. The van der Waals surface area contributed by atoms with Gasteiger partial charge in [0.05, 0.1) is 11.8 Å². The van der Waals surface area contributed by atoms with Gasteiger partial charge in [-0.15, -0.1) is 0 Å². The molecule has 160 valence electrons. The van der Waals surface area contributed by atoms with Crippen molar-refractivity contribution >= 4 is 29.2 Å². The van der Waals surface area contributed by atoms with E-state index >= 15 is 0 Å². The Kier molecular flexibility index (Phi) is 6.88. The zero-order chi connectivity index (χ0) is 21.7. The molecule has 10 heteroatoms. The van der Waals surface area contributed by atoms with Crippen LogP contribution in [0.5, 0.6) is 0 Å². The van der Waals surface area contributed by atoms with Crippen molar-refractivity contribution in [2.45, 2.75) is 12.7 Å². The highest BCUT2D eigenvalue weighted by molar-refractivity contribution is 7.80. The topological polar surface area (TPSA) is 56.9 Å². The van der Waals surface area contributed by atoms with E-state index < -0.39 is 11.7 Å². The third-order valence-electron chi connectivity index (χ3n) is 4.78. The van der Waals surface area contributed by atoms with Crippen molar-refractivity contribution in [1.29, 1.82) is 0 Å². The molecule has 0 aromatic heterocycles. The summed E-state index contributed by atoms with van der Waals surface area (Å²) in [6, 6.07) is 10.6. The summed E-state index contributed by atoms with van der Waals surface area (Å²) in [7, 11) is 0. The zero-order valence-electron chi connectivity index (χ0n) is 16.0. The number of hydrazone groups is 1. The van der Waals surface area contributed by atoms with E-state index in [0.29, 0.717) is 38.3 Å². The molecule has 1 heterocycles. The van der Waals surface area contributed by atoms with Crippen LogP contribution in [0.4, 0.5) is 23.2 Å². The molecule has 3 N–H and O–H groups in total. The van der Waals surface area contributed by atoms with Crippen LogP contribution in [0, 0.1) is 5.82 Å². The van der Waals surface area contributed by atoms with Gasteiger partial charge in [0, 0.05) is 44.0 Å². The average molecular weight is 439 g/mol. The number of hydrogen-bond acceptors (Lipinski definition) is 4. The first-order valence-electron chi connectivity index (χ1n) is 9.24. The van der Waals surface area contributed by atoms with Gasteiger partial charge in [-0.25, -0.2) is 4.39 Å². The molecule has 0 radical (unpaired) electrons. The number of benzene rings is 2. The van der Waals surface area contributed by atoms with Crippen LogP contribution in [0.25, 0.3) is 0 Å². The van der Waals surface area contributed by atoms with Gasteiger partial charge in [0.15, 0.2) is 5.11 Å². The number of piperazine rings is 1. The Balaban J connectivity index is 1.72. The van der Waals surface area contributed by atoms with E-state index in [0.717, 1.165) is 6.07 Å². The van der Waals surface area contributed by atoms with Crippen LogP contribution in [0.1, 0.15) is 16.7 Å². The van der Waals surface area contributed by atoms with Crippen molar-refractivity contribution in [2.24, 2.45) is 10.8 Å². The lowest BCUT2D eigenvalue weighted by Gasteiger charge is -2.37. The predicted molar refractivity (Wildman–Crippen MR) is 113 cm³/mol. The molecule has 0 unspecified atom stereocenters. The van der Waals surface area contributed by atoms with Gasteiger partial charge in [0.25, 0.3) is 0 Å². The van der Waals surface area contributed by atoms with Crippen molar-refractivity contribution in [3.63, 3.8) is 0 Å². The molecular formula is C20H21F4N5S. The Morgan fingerprint density at radius 1 is 1.13 bits per heavy atom. The van der Waals surface area contributed by atoms with Crippen molar-refractivity contribution in [2.75, 3.05) is 31.1 Å². The third kappa shape index (κ3) is 5.67. The van der Waals surface area contributed by atoms with Crippen LogP contribution in [0.2, 0.25) is 0 Å². The highest BCUT2D eigenvalue weighted by atomic mass is 32.1. The highest BCUT2D eigenvalue weighted by Gasteiger charge is 2.35. The number of hydrogen-bond donors (Lipinski definition) is 2. The largest absolute Gasteiger partial charge is 0.418 e. The van der Waals surface area contributed by atoms with Gasteiger partial charge in [-0.3, -0.25) is 10.3 Å². The monoisotopic (exact) mass is 439 g/mol. The molecule has 5 nitrogen and oxygen atoms in total. The first-order valence-corrected chi connectivity index (χ1v) is 9.65. The Morgan fingerprint density at radius 2 is 1.83 bits per heavy atom. The van der Waals surface area contributed by atoms with E-state index in [2.05, 4.69) is 22.7 Å². The Hall–Kier alpha value is -2.72. The molecule has 1 aliphatic rings. The zero-order valence-corrected chi connectivity index (χ0v) is 16.8. The number of alkyl halides is 3. The minimum absolute atomic E-state index is 0.0767. The summed E-state index contributed by atoms with van der Waals surface area (Å²) in [5.41, 5.74) is 7.79. The number of anilines is 1. The Bertz CT molecular complexity index is 924. The minimum atomic E-state index is -4.51. The molecule has 0 spiro atoms. The molecule has 0 amide bonds. The van der Waals surface area contributed by atoms with Gasteiger partial charge in [-0.2, -0.15) is 18.3 Å². The summed E-state index contributed by atoms with van der Waals surface area (Å²) in [6.45, 7) is 2.32. The van der Waals surface area contributed by atoms with Crippen LogP contribution in [0.15, 0.2) is 47.6 Å². The van der Waals surface area contributed by atoms with Crippen molar-refractivity contribution in [1.82, 2.24) is 10.3 Å².